The second-order valence-corrected chi connectivity index (χ2v) is 11.2. The molecule has 5 aromatic rings. The van der Waals surface area contributed by atoms with Gasteiger partial charge in [0.05, 0.1) is 26.7 Å². The van der Waals surface area contributed by atoms with Crippen LogP contribution in [0, 0.1) is 13.8 Å². The Morgan fingerprint density at radius 3 is 2.50 bits per heavy atom. The highest BCUT2D eigenvalue weighted by Crippen LogP contribution is 2.31. The van der Waals surface area contributed by atoms with Crippen molar-refractivity contribution in [3.63, 3.8) is 0 Å². The van der Waals surface area contributed by atoms with Gasteiger partial charge in [0, 0.05) is 12.0 Å². The molecule has 0 saturated carbocycles. The minimum atomic E-state index is -3.62. The van der Waals surface area contributed by atoms with Gasteiger partial charge in [-0.1, -0.05) is 48.9 Å². The summed E-state index contributed by atoms with van der Waals surface area (Å²) in [4.78, 5) is 8.44. The number of hydrogen-bond acceptors (Lipinski definition) is 6. The smallest absolute Gasteiger partial charge is 0.206 e. The highest BCUT2D eigenvalue weighted by atomic mass is 35.5. The number of H-pyrrole nitrogens is 2. The maximum atomic E-state index is 13.2. The van der Waals surface area contributed by atoms with Crippen molar-refractivity contribution in [1.29, 1.82) is 0 Å². The van der Waals surface area contributed by atoms with Gasteiger partial charge in [-0.25, -0.2) is 13.4 Å². The number of benzene rings is 3. The van der Waals surface area contributed by atoms with E-state index in [9.17, 15) is 8.42 Å². The highest BCUT2D eigenvalue weighted by molar-refractivity contribution is 7.90. The van der Waals surface area contributed by atoms with Crippen molar-refractivity contribution in [2.45, 2.75) is 44.3 Å². The minimum absolute atomic E-state index is 0.234. The van der Waals surface area contributed by atoms with Gasteiger partial charge in [0.2, 0.25) is 5.82 Å². The Labute approximate surface area is 214 Å². The van der Waals surface area contributed by atoms with Crippen LogP contribution in [0.4, 0.5) is 0 Å². The van der Waals surface area contributed by atoms with Crippen LogP contribution in [0.2, 0.25) is 5.02 Å². The molecule has 0 atom stereocenters. The third kappa shape index (κ3) is 4.52. The first-order valence-electron chi connectivity index (χ1n) is 11.6. The average molecular weight is 521 g/mol. The standard InChI is InChI=1S/C26H25ClN6O2S/c1-4-22-28-24-16(3)12-15(2)21(25(24)29-22)13-17-8-10-19(11-9-17)36(34,35)14-18-6-5-7-20(23(18)27)26-30-32-33-31-26/h5-12H,4,13-14H2,1-3H3,(H,28,29)(H,30,31,32,33). The molecule has 0 aliphatic carbocycles. The molecule has 184 valence electrons. The lowest BCUT2D eigenvalue weighted by Crippen LogP contribution is -2.06. The zero-order chi connectivity index (χ0) is 25.4. The molecule has 0 saturated heterocycles. The zero-order valence-corrected chi connectivity index (χ0v) is 21.7. The van der Waals surface area contributed by atoms with E-state index in [0.29, 0.717) is 28.4 Å². The molecule has 0 aliphatic heterocycles. The molecule has 0 amide bonds. The van der Waals surface area contributed by atoms with Crippen LogP contribution in [-0.2, 0) is 28.4 Å². The van der Waals surface area contributed by atoms with Crippen LogP contribution < -0.4 is 0 Å². The van der Waals surface area contributed by atoms with Crippen LogP contribution >= 0.6 is 11.6 Å². The number of aromatic amines is 2. The fourth-order valence-electron chi connectivity index (χ4n) is 4.45. The number of halogens is 1. The van der Waals surface area contributed by atoms with Gasteiger partial charge in [0.25, 0.3) is 0 Å². The Morgan fingerprint density at radius 2 is 1.81 bits per heavy atom. The number of aromatic nitrogens is 6. The van der Waals surface area contributed by atoms with Gasteiger partial charge in [-0.2, -0.15) is 5.21 Å². The molecular formula is C26H25ClN6O2S. The lowest BCUT2D eigenvalue weighted by Gasteiger charge is -2.11. The molecular weight excluding hydrogens is 496 g/mol. The summed E-state index contributed by atoms with van der Waals surface area (Å²) in [6.07, 6.45) is 1.51. The van der Waals surface area contributed by atoms with Gasteiger partial charge >= 0.3 is 0 Å². The average Bonchev–Trinajstić information content (AvgIpc) is 3.54. The first-order valence-corrected chi connectivity index (χ1v) is 13.6. The van der Waals surface area contributed by atoms with Crippen LogP contribution in [0.1, 0.15) is 40.6 Å². The van der Waals surface area contributed by atoms with Crippen molar-refractivity contribution < 1.29 is 8.42 Å². The molecule has 0 bridgehead atoms. The van der Waals surface area contributed by atoms with E-state index in [1.807, 2.05) is 12.1 Å². The predicted octanol–water partition coefficient (Wildman–Crippen LogP) is 5.14. The number of nitrogens with one attached hydrogen (secondary N) is 2. The van der Waals surface area contributed by atoms with E-state index < -0.39 is 9.84 Å². The summed E-state index contributed by atoms with van der Waals surface area (Å²) in [7, 11) is -3.62. The maximum Gasteiger partial charge on any atom is 0.206 e. The summed E-state index contributed by atoms with van der Waals surface area (Å²) in [6, 6.07) is 14.4. The van der Waals surface area contributed by atoms with E-state index in [1.54, 1.807) is 30.3 Å². The van der Waals surface area contributed by atoms with Gasteiger partial charge in [-0.05, 0) is 71.5 Å². The summed E-state index contributed by atoms with van der Waals surface area (Å²) >= 11 is 6.50. The van der Waals surface area contributed by atoms with Gasteiger partial charge in [-0.3, -0.25) is 0 Å². The van der Waals surface area contributed by atoms with Crippen molar-refractivity contribution in [3.8, 4) is 11.4 Å². The monoisotopic (exact) mass is 520 g/mol. The number of rotatable bonds is 7. The number of aryl methyl sites for hydroxylation is 3. The molecule has 5 rings (SSSR count). The third-order valence-corrected chi connectivity index (χ3v) is 8.47. The van der Waals surface area contributed by atoms with Crippen LogP contribution in [0.3, 0.4) is 0 Å². The number of tetrazole rings is 1. The Balaban J connectivity index is 1.41. The van der Waals surface area contributed by atoms with E-state index >= 15 is 0 Å². The summed E-state index contributed by atoms with van der Waals surface area (Å²) in [5.41, 5.74) is 7.56. The number of fused-ring (bicyclic) bond motifs is 1. The Morgan fingerprint density at radius 1 is 1.03 bits per heavy atom. The molecule has 36 heavy (non-hydrogen) atoms. The Kier molecular flexibility index (Phi) is 6.36. The van der Waals surface area contributed by atoms with Crippen molar-refractivity contribution in [2.75, 3.05) is 0 Å². The first-order chi connectivity index (χ1) is 17.3. The van der Waals surface area contributed by atoms with E-state index in [-0.39, 0.29) is 10.6 Å². The van der Waals surface area contributed by atoms with E-state index in [2.05, 4.69) is 52.4 Å². The molecule has 0 unspecified atom stereocenters. The molecule has 3 aromatic carbocycles. The molecule has 2 aromatic heterocycles. The highest BCUT2D eigenvalue weighted by Gasteiger charge is 2.20. The van der Waals surface area contributed by atoms with E-state index in [4.69, 9.17) is 16.6 Å². The second-order valence-electron chi connectivity index (χ2n) is 8.84. The molecule has 0 aliphatic rings. The van der Waals surface area contributed by atoms with Gasteiger partial charge in [-0.15, -0.1) is 10.2 Å². The summed E-state index contributed by atoms with van der Waals surface area (Å²) in [5, 5.41) is 14.1. The first kappa shape index (κ1) is 24.1. The van der Waals surface area contributed by atoms with E-state index in [1.165, 1.54) is 11.1 Å². The third-order valence-electron chi connectivity index (χ3n) is 6.35. The summed E-state index contributed by atoms with van der Waals surface area (Å²) in [6.45, 7) is 6.25. The molecule has 10 heteroatoms. The van der Waals surface area contributed by atoms with E-state index in [0.717, 1.165) is 34.4 Å². The molecule has 2 N–H and O–H groups in total. The quantitative estimate of drug-likeness (QED) is 0.307. The molecule has 0 spiro atoms. The zero-order valence-electron chi connectivity index (χ0n) is 20.1. The van der Waals surface area contributed by atoms with Crippen LogP contribution in [0.25, 0.3) is 22.4 Å². The predicted molar refractivity (Wildman–Crippen MR) is 140 cm³/mol. The van der Waals surface area contributed by atoms with Crippen LogP contribution in [0.5, 0.6) is 0 Å². The van der Waals surface area contributed by atoms with Crippen LogP contribution in [-0.4, -0.2) is 39.0 Å². The number of sulfone groups is 1. The fourth-order valence-corrected chi connectivity index (χ4v) is 6.17. The van der Waals surface area contributed by atoms with Crippen molar-refractivity contribution in [2.24, 2.45) is 0 Å². The van der Waals surface area contributed by atoms with Crippen molar-refractivity contribution >= 4 is 32.5 Å². The minimum Gasteiger partial charge on any atom is -0.342 e. The van der Waals surface area contributed by atoms with Gasteiger partial charge in [0.1, 0.15) is 5.82 Å². The lowest BCUT2D eigenvalue weighted by molar-refractivity contribution is 0.595. The lowest BCUT2D eigenvalue weighted by atomic mass is 9.97. The molecule has 8 nitrogen and oxygen atoms in total. The van der Waals surface area contributed by atoms with Crippen LogP contribution in [0.15, 0.2) is 53.4 Å². The number of imidazole rings is 1. The number of hydrogen-bond donors (Lipinski definition) is 2. The van der Waals surface area contributed by atoms with Gasteiger partial charge in [0.15, 0.2) is 9.84 Å². The Bertz CT molecular complexity index is 1660. The fraction of sp³-hybridized carbons (Fsp3) is 0.231. The molecule has 0 fully saturated rings. The second kappa shape index (κ2) is 9.48. The SMILES string of the molecule is CCc1nc2c(C)cc(C)c(Cc3ccc(S(=O)(=O)Cc4cccc(-c5nn[nH]n5)c4Cl)cc3)c2[nH]1. The topological polar surface area (TPSA) is 117 Å². The maximum absolute atomic E-state index is 13.2. The largest absolute Gasteiger partial charge is 0.342 e. The summed E-state index contributed by atoms with van der Waals surface area (Å²) < 4.78 is 26.4. The summed E-state index contributed by atoms with van der Waals surface area (Å²) in [5.74, 6) is 1.04. The Hall–Kier alpha value is -3.56. The van der Waals surface area contributed by atoms with Gasteiger partial charge < -0.3 is 4.98 Å². The van der Waals surface area contributed by atoms with Crippen molar-refractivity contribution in [3.05, 3.63) is 87.2 Å². The normalized spacial score (nSPS) is 11.9. The number of nitrogens with zero attached hydrogens (tertiary/aromatic N) is 4. The molecule has 2 heterocycles. The molecule has 0 radical (unpaired) electrons. The van der Waals surface area contributed by atoms with Crippen molar-refractivity contribution in [1.82, 2.24) is 30.6 Å².